The number of nitrogens with one attached hydrogen (secondary N) is 1. The molecular weight excluding hydrogens is 318 g/mol. The normalized spacial score (nSPS) is 20.9. The minimum Gasteiger partial charge on any atom is -0.379 e. The summed E-state index contributed by atoms with van der Waals surface area (Å²) in [7, 11) is 4.05. The molecule has 0 spiro atoms. The van der Waals surface area contributed by atoms with Gasteiger partial charge in [0.1, 0.15) is 0 Å². The molecule has 0 fully saturated rings. The fourth-order valence-electron chi connectivity index (χ4n) is 2.72. The second-order valence-electron chi connectivity index (χ2n) is 6.78. The van der Waals surface area contributed by atoms with Gasteiger partial charge in [0.05, 0.1) is 11.8 Å². The standard InChI is InChI=1S/C19H29N3O3/c1-5-24-16(11-12-22(3)4)14-20-18(23)19(2)13-17(21-25-19)15-9-7-6-8-10-15/h6-10,16H,5,11-14H2,1-4H3,(H,20,23). The molecule has 0 saturated heterocycles. The Morgan fingerprint density at radius 3 is 2.76 bits per heavy atom. The summed E-state index contributed by atoms with van der Waals surface area (Å²) < 4.78 is 5.72. The summed E-state index contributed by atoms with van der Waals surface area (Å²) in [5.74, 6) is -0.156. The highest BCUT2D eigenvalue weighted by Gasteiger charge is 2.42. The summed E-state index contributed by atoms with van der Waals surface area (Å²) in [6.07, 6.45) is 1.32. The number of amides is 1. The first kappa shape index (κ1) is 19.4. The van der Waals surface area contributed by atoms with Crippen molar-refractivity contribution in [3.8, 4) is 0 Å². The van der Waals surface area contributed by atoms with E-state index in [-0.39, 0.29) is 12.0 Å². The number of benzene rings is 1. The van der Waals surface area contributed by atoms with Crippen molar-refractivity contribution in [2.45, 2.75) is 38.4 Å². The van der Waals surface area contributed by atoms with Crippen LogP contribution < -0.4 is 5.32 Å². The highest BCUT2D eigenvalue weighted by Crippen LogP contribution is 2.26. The number of hydrogen-bond acceptors (Lipinski definition) is 5. The Morgan fingerprint density at radius 1 is 1.40 bits per heavy atom. The van der Waals surface area contributed by atoms with Crippen molar-refractivity contribution in [3.63, 3.8) is 0 Å². The molecule has 6 nitrogen and oxygen atoms in total. The third-order valence-corrected chi connectivity index (χ3v) is 4.24. The molecule has 1 aromatic rings. The van der Waals surface area contributed by atoms with Crippen LogP contribution in [-0.4, -0.2) is 62.0 Å². The zero-order valence-corrected chi connectivity index (χ0v) is 15.6. The van der Waals surface area contributed by atoms with E-state index in [0.717, 1.165) is 24.2 Å². The third-order valence-electron chi connectivity index (χ3n) is 4.24. The molecule has 0 bridgehead atoms. The van der Waals surface area contributed by atoms with Gasteiger partial charge in [-0.15, -0.1) is 0 Å². The molecule has 2 unspecified atom stereocenters. The maximum atomic E-state index is 12.6. The molecule has 1 aliphatic heterocycles. The molecule has 138 valence electrons. The van der Waals surface area contributed by atoms with Crippen molar-refractivity contribution in [1.29, 1.82) is 0 Å². The Morgan fingerprint density at radius 2 is 2.12 bits per heavy atom. The summed E-state index contributed by atoms with van der Waals surface area (Å²) in [5.41, 5.74) is 0.813. The van der Waals surface area contributed by atoms with E-state index in [0.29, 0.717) is 19.6 Å². The molecule has 2 rings (SSSR count). The number of ether oxygens (including phenoxy) is 1. The van der Waals surface area contributed by atoms with E-state index < -0.39 is 5.60 Å². The molecule has 0 saturated carbocycles. The first-order valence-corrected chi connectivity index (χ1v) is 8.79. The number of nitrogens with zero attached hydrogens (tertiary/aromatic N) is 2. The van der Waals surface area contributed by atoms with Crippen LogP contribution in [0.4, 0.5) is 0 Å². The van der Waals surface area contributed by atoms with Crippen LogP contribution in [0, 0.1) is 0 Å². The molecule has 25 heavy (non-hydrogen) atoms. The van der Waals surface area contributed by atoms with Gasteiger partial charge in [0.25, 0.3) is 5.91 Å². The minimum absolute atomic E-state index is 0.00383. The molecule has 2 atom stereocenters. The van der Waals surface area contributed by atoms with Crippen molar-refractivity contribution < 1.29 is 14.4 Å². The molecular formula is C19H29N3O3. The molecule has 6 heteroatoms. The van der Waals surface area contributed by atoms with E-state index >= 15 is 0 Å². The topological polar surface area (TPSA) is 63.2 Å². The monoisotopic (exact) mass is 347 g/mol. The van der Waals surface area contributed by atoms with E-state index in [1.54, 1.807) is 6.92 Å². The van der Waals surface area contributed by atoms with Crippen LogP contribution in [0.25, 0.3) is 0 Å². The zero-order chi connectivity index (χ0) is 18.3. The van der Waals surface area contributed by atoms with Crippen LogP contribution in [0.2, 0.25) is 0 Å². The summed E-state index contributed by atoms with van der Waals surface area (Å²) in [6, 6.07) is 9.79. The fourth-order valence-corrected chi connectivity index (χ4v) is 2.72. The Bertz CT molecular complexity index is 589. The summed E-state index contributed by atoms with van der Waals surface area (Å²) in [5, 5.41) is 7.09. The van der Waals surface area contributed by atoms with E-state index in [9.17, 15) is 4.79 Å². The smallest absolute Gasteiger partial charge is 0.267 e. The first-order chi connectivity index (χ1) is 11.9. The fraction of sp³-hybridized carbons (Fsp3) is 0.579. The lowest BCUT2D eigenvalue weighted by atomic mass is 9.95. The molecule has 1 aromatic carbocycles. The Kier molecular flexibility index (Phi) is 6.96. The van der Waals surface area contributed by atoms with Gasteiger partial charge < -0.3 is 19.8 Å². The van der Waals surface area contributed by atoms with Crippen molar-refractivity contribution >= 4 is 11.6 Å². The Hall–Kier alpha value is -1.92. The number of hydrogen-bond donors (Lipinski definition) is 1. The maximum Gasteiger partial charge on any atom is 0.267 e. The van der Waals surface area contributed by atoms with Gasteiger partial charge in [-0.3, -0.25) is 4.79 Å². The second-order valence-corrected chi connectivity index (χ2v) is 6.78. The second kappa shape index (κ2) is 8.97. The summed E-state index contributed by atoms with van der Waals surface area (Å²) in [4.78, 5) is 20.2. The summed E-state index contributed by atoms with van der Waals surface area (Å²) >= 11 is 0. The van der Waals surface area contributed by atoms with Crippen molar-refractivity contribution in [3.05, 3.63) is 35.9 Å². The molecule has 0 aliphatic carbocycles. The average Bonchev–Trinajstić information content (AvgIpc) is 3.01. The van der Waals surface area contributed by atoms with Crippen LogP contribution in [0.1, 0.15) is 32.3 Å². The number of carbonyl (C=O) groups is 1. The number of carbonyl (C=O) groups excluding carboxylic acids is 1. The lowest BCUT2D eigenvalue weighted by Crippen LogP contribution is -2.47. The molecule has 1 amide bonds. The van der Waals surface area contributed by atoms with Gasteiger partial charge in [-0.1, -0.05) is 35.5 Å². The predicted octanol–water partition coefficient (Wildman–Crippen LogP) is 2.04. The molecule has 1 aliphatic rings. The van der Waals surface area contributed by atoms with Crippen molar-refractivity contribution in [2.24, 2.45) is 5.16 Å². The molecule has 0 radical (unpaired) electrons. The van der Waals surface area contributed by atoms with Crippen LogP contribution in [0.15, 0.2) is 35.5 Å². The predicted molar refractivity (Wildman–Crippen MR) is 98.7 cm³/mol. The van der Waals surface area contributed by atoms with Crippen LogP contribution >= 0.6 is 0 Å². The van der Waals surface area contributed by atoms with E-state index in [1.807, 2.05) is 51.4 Å². The van der Waals surface area contributed by atoms with Crippen molar-refractivity contribution in [2.75, 3.05) is 33.8 Å². The lowest BCUT2D eigenvalue weighted by Gasteiger charge is -2.24. The number of oxime groups is 1. The number of rotatable bonds is 9. The van der Waals surface area contributed by atoms with Crippen LogP contribution in [-0.2, 0) is 14.4 Å². The van der Waals surface area contributed by atoms with Gasteiger partial charge in [0.2, 0.25) is 5.60 Å². The highest BCUT2D eigenvalue weighted by molar-refractivity contribution is 6.05. The van der Waals surface area contributed by atoms with Gasteiger partial charge in [-0.05, 0) is 39.9 Å². The quantitative estimate of drug-likeness (QED) is 0.742. The van der Waals surface area contributed by atoms with Gasteiger partial charge in [0, 0.05) is 26.1 Å². The van der Waals surface area contributed by atoms with E-state index in [1.165, 1.54) is 0 Å². The van der Waals surface area contributed by atoms with Gasteiger partial charge in [-0.25, -0.2) is 0 Å². The Labute approximate surface area is 150 Å². The third kappa shape index (κ3) is 5.54. The van der Waals surface area contributed by atoms with E-state index in [4.69, 9.17) is 9.57 Å². The molecule has 0 aromatic heterocycles. The largest absolute Gasteiger partial charge is 0.379 e. The molecule has 1 N–H and O–H groups in total. The summed E-state index contributed by atoms with van der Waals surface area (Å²) in [6.45, 7) is 5.75. The van der Waals surface area contributed by atoms with Crippen LogP contribution in [0.5, 0.6) is 0 Å². The lowest BCUT2D eigenvalue weighted by molar-refractivity contribution is -0.142. The van der Waals surface area contributed by atoms with Gasteiger partial charge in [0.15, 0.2) is 0 Å². The SMILES string of the molecule is CCOC(CCN(C)C)CNC(=O)C1(C)CC(c2ccccc2)=NO1. The minimum atomic E-state index is -0.969. The van der Waals surface area contributed by atoms with Crippen molar-refractivity contribution in [1.82, 2.24) is 10.2 Å². The zero-order valence-electron chi connectivity index (χ0n) is 15.6. The van der Waals surface area contributed by atoms with Gasteiger partial charge >= 0.3 is 0 Å². The van der Waals surface area contributed by atoms with Gasteiger partial charge in [-0.2, -0.15) is 0 Å². The van der Waals surface area contributed by atoms with Crippen LogP contribution in [0.3, 0.4) is 0 Å². The highest BCUT2D eigenvalue weighted by atomic mass is 16.7. The maximum absolute atomic E-state index is 12.6. The van der Waals surface area contributed by atoms with E-state index in [2.05, 4.69) is 15.4 Å². The average molecular weight is 347 g/mol. The Balaban J connectivity index is 1.87. The first-order valence-electron chi connectivity index (χ1n) is 8.79. The molecule has 1 heterocycles.